The number of rotatable bonds is 9. The molecule has 9 heteroatoms. The van der Waals surface area contributed by atoms with Gasteiger partial charge in [-0.05, 0) is 82.0 Å². The number of carbonyl (C=O) groups excluding carboxylic acids is 3. The van der Waals surface area contributed by atoms with Crippen molar-refractivity contribution in [3.63, 3.8) is 0 Å². The number of aromatic nitrogens is 1. The first-order chi connectivity index (χ1) is 16.7. The second-order valence-corrected chi connectivity index (χ2v) is 8.45. The van der Waals surface area contributed by atoms with E-state index < -0.39 is 0 Å². The zero-order valence-electron chi connectivity index (χ0n) is 20.1. The van der Waals surface area contributed by atoms with Crippen LogP contribution in [0, 0.1) is 6.92 Å². The number of amides is 3. The van der Waals surface area contributed by atoms with E-state index in [1.54, 1.807) is 54.6 Å². The summed E-state index contributed by atoms with van der Waals surface area (Å²) >= 11 is 0. The SMILES string of the molecule is Cc1cc(N)ncc1NC(=O)c1cccc(NC(=O)c2cccc(NC(=O)CCCN(C)C)c2)c1. The fourth-order valence-electron chi connectivity index (χ4n) is 3.36. The van der Waals surface area contributed by atoms with Gasteiger partial charge in [-0.15, -0.1) is 0 Å². The van der Waals surface area contributed by atoms with Gasteiger partial charge in [-0.25, -0.2) is 4.98 Å². The minimum absolute atomic E-state index is 0.102. The average molecular weight is 475 g/mol. The molecule has 3 aromatic rings. The van der Waals surface area contributed by atoms with Crippen molar-refractivity contribution in [2.45, 2.75) is 19.8 Å². The molecule has 0 aliphatic heterocycles. The van der Waals surface area contributed by atoms with Crippen LogP contribution in [0.4, 0.5) is 22.9 Å². The van der Waals surface area contributed by atoms with Gasteiger partial charge in [0.15, 0.2) is 0 Å². The van der Waals surface area contributed by atoms with Gasteiger partial charge < -0.3 is 26.6 Å². The van der Waals surface area contributed by atoms with E-state index in [1.807, 2.05) is 25.9 Å². The quantitative estimate of drug-likeness (QED) is 0.374. The van der Waals surface area contributed by atoms with Crippen LogP contribution in [0.25, 0.3) is 0 Å². The van der Waals surface area contributed by atoms with Crippen LogP contribution < -0.4 is 21.7 Å². The molecule has 2 aromatic carbocycles. The summed E-state index contributed by atoms with van der Waals surface area (Å²) in [6.07, 6.45) is 2.65. The zero-order chi connectivity index (χ0) is 25.4. The molecule has 0 aliphatic carbocycles. The zero-order valence-corrected chi connectivity index (χ0v) is 20.1. The van der Waals surface area contributed by atoms with E-state index in [0.717, 1.165) is 18.5 Å². The normalized spacial score (nSPS) is 10.6. The highest BCUT2D eigenvalue weighted by Gasteiger charge is 2.12. The fourth-order valence-corrected chi connectivity index (χ4v) is 3.36. The Labute approximate surface area is 204 Å². The number of hydrogen-bond donors (Lipinski definition) is 4. The summed E-state index contributed by atoms with van der Waals surface area (Å²) in [5.74, 6) is -0.424. The minimum atomic E-state index is -0.357. The molecule has 1 heterocycles. The number of nitrogens with one attached hydrogen (secondary N) is 3. The molecule has 0 saturated heterocycles. The van der Waals surface area contributed by atoms with Crippen molar-refractivity contribution in [3.05, 3.63) is 77.5 Å². The Kier molecular flexibility index (Phi) is 8.53. The standard InChI is InChI=1S/C26H30N6O3/c1-17-13-23(27)28-16-22(17)31-26(35)19-8-5-10-21(15-19)30-25(34)18-7-4-9-20(14-18)29-24(33)11-6-12-32(2)3/h4-5,7-10,13-16H,6,11-12H2,1-3H3,(H2,27,28)(H,29,33)(H,30,34)(H,31,35). The Morgan fingerprint density at radius 1 is 0.886 bits per heavy atom. The third-order valence-electron chi connectivity index (χ3n) is 5.18. The number of anilines is 4. The van der Waals surface area contributed by atoms with Crippen LogP contribution in [0.15, 0.2) is 60.8 Å². The van der Waals surface area contributed by atoms with Crippen molar-refractivity contribution in [1.82, 2.24) is 9.88 Å². The van der Waals surface area contributed by atoms with Gasteiger partial charge in [0.1, 0.15) is 5.82 Å². The van der Waals surface area contributed by atoms with Crippen molar-refractivity contribution >= 4 is 40.6 Å². The van der Waals surface area contributed by atoms with Gasteiger partial charge in [-0.2, -0.15) is 0 Å². The first-order valence-corrected chi connectivity index (χ1v) is 11.2. The molecule has 5 N–H and O–H groups in total. The molecular weight excluding hydrogens is 444 g/mol. The molecule has 0 saturated carbocycles. The van der Waals surface area contributed by atoms with Crippen LogP contribution in [0.1, 0.15) is 39.1 Å². The second kappa shape index (κ2) is 11.8. The van der Waals surface area contributed by atoms with Gasteiger partial charge in [-0.1, -0.05) is 12.1 Å². The Balaban J connectivity index is 1.63. The van der Waals surface area contributed by atoms with E-state index in [0.29, 0.717) is 40.4 Å². The number of benzene rings is 2. The lowest BCUT2D eigenvalue weighted by molar-refractivity contribution is -0.116. The summed E-state index contributed by atoms with van der Waals surface area (Å²) in [5, 5.41) is 8.42. The number of nitrogens with zero attached hydrogens (tertiary/aromatic N) is 2. The molecule has 0 fully saturated rings. The summed E-state index contributed by atoms with van der Waals surface area (Å²) < 4.78 is 0. The first-order valence-electron chi connectivity index (χ1n) is 11.2. The van der Waals surface area contributed by atoms with Gasteiger partial charge in [0.2, 0.25) is 5.91 Å². The molecule has 3 amide bonds. The highest BCUT2D eigenvalue weighted by Crippen LogP contribution is 2.19. The molecule has 1 aromatic heterocycles. The number of hydrogen-bond acceptors (Lipinski definition) is 6. The number of aryl methyl sites for hydroxylation is 1. The molecular formula is C26H30N6O3. The molecule has 0 bridgehead atoms. The fraction of sp³-hybridized carbons (Fsp3) is 0.231. The summed E-state index contributed by atoms with van der Waals surface area (Å²) in [4.78, 5) is 43.7. The van der Waals surface area contributed by atoms with E-state index in [4.69, 9.17) is 5.73 Å². The van der Waals surface area contributed by atoms with Crippen molar-refractivity contribution < 1.29 is 14.4 Å². The number of carbonyl (C=O) groups is 3. The van der Waals surface area contributed by atoms with Crippen molar-refractivity contribution in [2.24, 2.45) is 0 Å². The molecule has 3 rings (SSSR count). The smallest absolute Gasteiger partial charge is 0.255 e. The van der Waals surface area contributed by atoms with Crippen molar-refractivity contribution in [2.75, 3.05) is 42.3 Å². The van der Waals surface area contributed by atoms with Gasteiger partial charge in [0, 0.05) is 28.9 Å². The molecule has 0 unspecified atom stereocenters. The maximum Gasteiger partial charge on any atom is 0.255 e. The van der Waals surface area contributed by atoms with E-state index in [1.165, 1.54) is 6.20 Å². The largest absolute Gasteiger partial charge is 0.384 e. The lowest BCUT2D eigenvalue weighted by Crippen LogP contribution is -2.18. The number of nitrogen functional groups attached to an aromatic ring is 1. The average Bonchev–Trinajstić information content (AvgIpc) is 2.81. The third-order valence-corrected chi connectivity index (χ3v) is 5.18. The van der Waals surface area contributed by atoms with E-state index in [9.17, 15) is 14.4 Å². The third kappa shape index (κ3) is 7.65. The van der Waals surface area contributed by atoms with Crippen LogP contribution in [0.2, 0.25) is 0 Å². The topological polar surface area (TPSA) is 129 Å². The molecule has 35 heavy (non-hydrogen) atoms. The van der Waals surface area contributed by atoms with E-state index in [-0.39, 0.29) is 17.7 Å². The Morgan fingerprint density at radius 2 is 1.49 bits per heavy atom. The van der Waals surface area contributed by atoms with Gasteiger partial charge in [0.25, 0.3) is 11.8 Å². The van der Waals surface area contributed by atoms with Crippen LogP contribution in [0.5, 0.6) is 0 Å². The lowest BCUT2D eigenvalue weighted by atomic mass is 10.1. The highest BCUT2D eigenvalue weighted by atomic mass is 16.2. The summed E-state index contributed by atoms with van der Waals surface area (Å²) in [7, 11) is 3.92. The number of pyridine rings is 1. The summed E-state index contributed by atoms with van der Waals surface area (Å²) in [5.41, 5.74) is 8.78. The monoisotopic (exact) mass is 474 g/mol. The maximum atomic E-state index is 12.8. The van der Waals surface area contributed by atoms with Crippen LogP contribution in [0.3, 0.4) is 0 Å². The molecule has 182 valence electrons. The van der Waals surface area contributed by atoms with E-state index >= 15 is 0 Å². The van der Waals surface area contributed by atoms with Gasteiger partial charge >= 0.3 is 0 Å². The first kappa shape index (κ1) is 25.4. The molecule has 0 spiro atoms. The van der Waals surface area contributed by atoms with Crippen molar-refractivity contribution in [3.8, 4) is 0 Å². The Bertz CT molecular complexity index is 1230. The Morgan fingerprint density at radius 3 is 2.09 bits per heavy atom. The van der Waals surface area contributed by atoms with Crippen LogP contribution >= 0.6 is 0 Å². The predicted molar refractivity (Wildman–Crippen MR) is 139 cm³/mol. The highest BCUT2D eigenvalue weighted by molar-refractivity contribution is 6.08. The van der Waals surface area contributed by atoms with Crippen LogP contribution in [-0.2, 0) is 4.79 Å². The minimum Gasteiger partial charge on any atom is -0.384 e. The Hall–Kier alpha value is -4.24. The summed E-state index contributed by atoms with van der Waals surface area (Å²) in [6, 6.07) is 15.0. The predicted octanol–water partition coefficient (Wildman–Crippen LogP) is 3.76. The summed E-state index contributed by atoms with van der Waals surface area (Å²) in [6.45, 7) is 2.65. The maximum absolute atomic E-state index is 12.8. The second-order valence-electron chi connectivity index (χ2n) is 8.45. The molecule has 0 aliphatic rings. The molecule has 0 atom stereocenters. The van der Waals surface area contributed by atoms with Crippen molar-refractivity contribution in [1.29, 1.82) is 0 Å². The number of nitrogens with two attached hydrogens (primary N) is 1. The van der Waals surface area contributed by atoms with Crippen LogP contribution in [-0.4, -0.2) is 48.2 Å². The van der Waals surface area contributed by atoms with E-state index in [2.05, 4.69) is 20.9 Å². The molecule has 9 nitrogen and oxygen atoms in total. The van der Waals surface area contributed by atoms with Gasteiger partial charge in [-0.3, -0.25) is 14.4 Å². The van der Waals surface area contributed by atoms with Gasteiger partial charge in [0.05, 0.1) is 11.9 Å². The molecule has 0 radical (unpaired) electrons. The lowest BCUT2D eigenvalue weighted by Gasteiger charge is -2.11.